The highest BCUT2D eigenvalue weighted by Crippen LogP contribution is 2.22. The summed E-state index contributed by atoms with van der Waals surface area (Å²) in [6, 6.07) is 4.83. The van der Waals surface area contributed by atoms with E-state index in [1.165, 1.54) is 11.0 Å². The van der Waals surface area contributed by atoms with Crippen LogP contribution >= 0.6 is 0 Å². The molecule has 18 heavy (non-hydrogen) atoms. The van der Waals surface area contributed by atoms with Crippen LogP contribution < -0.4 is 0 Å². The maximum atomic E-state index is 12.2. The number of aliphatic hydroxyl groups excluding tert-OH is 2. The number of piperidine rings is 1. The number of hydrogen-bond donors (Lipinski definition) is 3. The van der Waals surface area contributed by atoms with Crippen molar-refractivity contribution in [2.45, 2.75) is 25.6 Å². The molecule has 98 valence electrons. The van der Waals surface area contributed by atoms with Crippen molar-refractivity contribution >= 4 is 5.91 Å². The zero-order chi connectivity index (χ0) is 13.3. The number of amides is 1. The van der Waals surface area contributed by atoms with Gasteiger partial charge in [-0.3, -0.25) is 4.79 Å². The molecule has 1 amide bonds. The monoisotopic (exact) mass is 251 g/mol. The molecule has 0 aromatic heterocycles. The SMILES string of the molecule is Cc1ccc(O)c(C(=O)N2CC[C@H](O)[C@@H](O)C2)c1. The first-order valence-corrected chi connectivity index (χ1v) is 5.94. The van der Waals surface area contributed by atoms with E-state index in [-0.39, 0.29) is 23.8 Å². The molecule has 1 aliphatic rings. The van der Waals surface area contributed by atoms with Gasteiger partial charge in [0.25, 0.3) is 5.91 Å². The first-order chi connectivity index (χ1) is 8.49. The molecule has 0 radical (unpaired) electrons. The Labute approximate surface area is 105 Å². The smallest absolute Gasteiger partial charge is 0.257 e. The third kappa shape index (κ3) is 2.47. The highest BCUT2D eigenvalue weighted by Gasteiger charge is 2.30. The summed E-state index contributed by atoms with van der Waals surface area (Å²) in [5.74, 6) is -0.381. The number of aromatic hydroxyl groups is 1. The third-order valence-corrected chi connectivity index (χ3v) is 3.22. The molecule has 0 bridgehead atoms. The second-order valence-corrected chi connectivity index (χ2v) is 4.70. The third-order valence-electron chi connectivity index (χ3n) is 3.22. The maximum absolute atomic E-state index is 12.2. The number of rotatable bonds is 1. The summed E-state index contributed by atoms with van der Waals surface area (Å²) < 4.78 is 0. The summed E-state index contributed by atoms with van der Waals surface area (Å²) in [5, 5.41) is 28.7. The number of likely N-dealkylation sites (tertiary alicyclic amines) is 1. The highest BCUT2D eigenvalue weighted by atomic mass is 16.3. The molecule has 1 aliphatic heterocycles. The molecule has 0 unspecified atom stereocenters. The van der Waals surface area contributed by atoms with Crippen molar-refractivity contribution in [3.05, 3.63) is 29.3 Å². The van der Waals surface area contributed by atoms with Crippen LogP contribution in [0.1, 0.15) is 22.3 Å². The number of phenols is 1. The molecule has 0 spiro atoms. The van der Waals surface area contributed by atoms with Crippen molar-refractivity contribution < 1.29 is 20.1 Å². The number of nitrogens with zero attached hydrogens (tertiary/aromatic N) is 1. The van der Waals surface area contributed by atoms with Gasteiger partial charge in [0.15, 0.2) is 0 Å². The summed E-state index contributed by atoms with van der Waals surface area (Å²) in [7, 11) is 0. The van der Waals surface area contributed by atoms with E-state index in [0.717, 1.165) is 5.56 Å². The van der Waals surface area contributed by atoms with Crippen LogP contribution in [0.25, 0.3) is 0 Å². The predicted octanol–water partition coefficient (Wildman–Crippen LogP) is 0.268. The molecule has 0 aliphatic carbocycles. The van der Waals surface area contributed by atoms with Gasteiger partial charge in [-0.05, 0) is 25.5 Å². The van der Waals surface area contributed by atoms with Crippen molar-refractivity contribution in [2.24, 2.45) is 0 Å². The summed E-state index contributed by atoms with van der Waals surface area (Å²) in [5.41, 5.74) is 1.12. The molecule has 5 heteroatoms. The van der Waals surface area contributed by atoms with E-state index in [1.807, 2.05) is 6.92 Å². The minimum absolute atomic E-state index is 0.0637. The Morgan fingerprint density at radius 2 is 2.06 bits per heavy atom. The number of phenolic OH excluding ortho intramolecular Hbond substituents is 1. The van der Waals surface area contributed by atoms with Gasteiger partial charge in [0.05, 0.1) is 17.8 Å². The second kappa shape index (κ2) is 4.96. The van der Waals surface area contributed by atoms with Crippen molar-refractivity contribution in [1.29, 1.82) is 0 Å². The van der Waals surface area contributed by atoms with Crippen LogP contribution in [0.5, 0.6) is 5.75 Å². The summed E-state index contributed by atoms with van der Waals surface area (Å²) in [6.45, 7) is 2.31. The minimum atomic E-state index is -0.922. The molecule has 5 nitrogen and oxygen atoms in total. The van der Waals surface area contributed by atoms with Crippen LogP contribution in [0.4, 0.5) is 0 Å². The van der Waals surface area contributed by atoms with E-state index in [4.69, 9.17) is 0 Å². The molecule has 1 saturated heterocycles. The molecule has 3 N–H and O–H groups in total. The van der Waals surface area contributed by atoms with Crippen LogP contribution in [0.15, 0.2) is 18.2 Å². The van der Waals surface area contributed by atoms with E-state index < -0.39 is 12.2 Å². The summed E-state index contributed by atoms with van der Waals surface area (Å²) in [6.07, 6.45) is -1.35. The molecule has 0 saturated carbocycles. The Hall–Kier alpha value is -1.59. The van der Waals surface area contributed by atoms with Crippen molar-refractivity contribution in [3.8, 4) is 5.75 Å². The van der Waals surface area contributed by atoms with E-state index in [0.29, 0.717) is 13.0 Å². The first kappa shape index (κ1) is 12.9. The van der Waals surface area contributed by atoms with E-state index >= 15 is 0 Å². The molecule has 1 aromatic rings. The van der Waals surface area contributed by atoms with Gasteiger partial charge in [0.2, 0.25) is 0 Å². The largest absolute Gasteiger partial charge is 0.507 e. The van der Waals surface area contributed by atoms with Gasteiger partial charge in [-0.1, -0.05) is 11.6 Å². The lowest BCUT2D eigenvalue weighted by Crippen LogP contribution is -2.48. The van der Waals surface area contributed by atoms with Gasteiger partial charge >= 0.3 is 0 Å². The van der Waals surface area contributed by atoms with Gasteiger partial charge in [-0.15, -0.1) is 0 Å². The molecule has 2 atom stereocenters. The quantitative estimate of drug-likeness (QED) is 0.669. The Morgan fingerprint density at radius 3 is 2.72 bits per heavy atom. The average Bonchev–Trinajstić information content (AvgIpc) is 2.35. The standard InChI is InChI=1S/C13H17NO4/c1-8-2-3-10(15)9(6-8)13(18)14-5-4-11(16)12(17)7-14/h2-3,6,11-12,15-17H,4-5,7H2,1H3/t11-,12-/m0/s1. The molecule has 1 fully saturated rings. The van der Waals surface area contributed by atoms with Crippen molar-refractivity contribution in [3.63, 3.8) is 0 Å². The number of carbonyl (C=O) groups is 1. The number of hydrogen-bond acceptors (Lipinski definition) is 4. The second-order valence-electron chi connectivity index (χ2n) is 4.70. The first-order valence-electron chi connectivity index (χ1n) is 5.94. The Kier molecular flexibility index (Phi) is 3.54. The van der Waals surface area contributed by atoms with Crippen LogP contribution in [-0.2, 0) is 0 Å². The van der Waals surface area contributed by atoms with Crippen LogP contribution in [0.3, 0.4) is 0 Å². The fourth-order valence-corrected chi connectivity index (χ4v) is 2.10. The molecule has 2 rings (SSSR count). The summed E-state index contributed by atoms with van der Waals surface area (Å²) in [4.78, 5) is 13.6. The molecule has 1 aromatic carbocycles. The summed E-state index contributed by atoms with van der Waals surface area (Å²) >= 11 is 0. The molecule has 1 heterocycles. The number of β-amino-alcohol motifs (C(OH)–C–C–N with tert-alkyl or cyclic N) is 1. The number of aryl methyl sites for hydroxylation is 1. The highest BCUT2D eigenvalue weighted by molar-refractivity contribution is 5.97. The van der Waals surface area contributed by atoms with Crippen molar-refractivity contribution in [2.75, 3.05) is 13.1 Å². The van der Waals surface area contributed by atoms with Gasteiger partial charge in [0.1, 0.15) is 5.75 Å². The van der Waals surface area contributed by atoms with Gasteiger partial charge in [0, 0.05) is 13.1 Å². The Morgan fingerprint density at radius 1 is 1.33 bits per heavy atom. The number of carbonyl (C=O) groups excluding carboxylic acids is 1. The average molecular weight is 251 g/mol. The molecular formula is C13H17NO4. The van der Waals surface area contributed by atoms with Gasteiger partial charge in [-0.2, -0.15) is 0 Å². The zero-order valence-electron chi connectivity index (χ0n) is 10.2. The van der Waals surface area contributed by atoms with Gasteiger partial charge < -0.3 is 20.2 Å². The number of benzene rings is 1. The predicted molar refractivity (Wildman–Crippen MR) is 65.4 cm³/mol. The van der Waals surface area contributed by atoms with E-state index in [2.05, 4.69) is 0 Å². The van der Waals surface area contributed by atoms with Crippen LogP contribution in [-0.4, -0.2) is 51.4 Å². The topological polar surface area (TPSA) is 81.0 Å². The Balaban J connectivity index is 2.19. The lowest BCUT2D eigenvalue weighted by molar-refractivity contribution is -0.0322. The van der Waals surface area contributed by atoms with Crippen molar-refractivity contribution in [1.82, 2.24) is 4.90 Å². The lowest BCUT2D eigenvalue weighted by atomic mass is 10.0. The van der Waals surface area contributed by atoms with E-state index in [9.17, 15) is 20.1 Å². The Bertz CT molecular complexity index is 460. The lowest BCUT2D eigenvalue weighted by Gasteiger charge is -2.33. The van der Waals surface area contributed by atoms with Crippen LogP contribution in [0, 0.1) is 6.92 Å². The van der Waals surface area contributed by atoms with E-state index in [1.54, 1.807) is 12.1 Å². The van der Waals surface area contributed by atoms with Gasteiger partial charge in [-0.25, -0.2) is 0 Å². The fraction of sp³-hybridized carbons (Fsp3) is 0.462. The maximum Gasteiger partial charge on any atom is 0.257 e. The number of aliphatic hydroxyl groups is 2. The fourth-order valence-electron chi connectivity index (χ4n) is 2.10. The normalized spacial score (nSPS) is 24.1. The zero-order valence-corrected chi connectivity index (χ0v) is 10.2. The molecular weight excluding hydrogens is 234 g/mol. The van der Waals surface area contributed by atoms with Crippen LogP contribution in [0.2, 0.25) is 0 Å². The minimum Gasteiger partial charge on any atom is -0.507 e.